The lowest BCUT2D eigenvalue weighted by molar-refractivity contribution is 0.0390. The molecule has 4 nitrogen and oxygen atoms in total. The van der Waals surface area contributed by atoms with E-state index in [1.807, 2.05) is 13.8 Å². The molecule has 0 unspecified atom stereocenters. The monoisotopic (exact) mass is 365 g/mol. The first-order chi connectivity index (χ1) is 12.0. The molecule has 0 bridgehead atoms. The lowest BCUT2D eigenvalue weighted by Gasteiger charge is -2.44. The number of benzene rings is 1. The van der Waals surface area contributed by atoms with E-state index in [2.05, 4.69) is 4.90 Å². The van der Waals surface area contributed by atoms with Crippen molar-refractivity contribution in [3.8, 4) is 11.5 Å². The zero-order chi connectivity index (χ0) is 18.0. The summed E-state index contributed by atoms with van der Waals surface area (Å²) in [6.45, 7) is 4.71. The van der Waals surface area contributed by atoms with Crippen LogP contribution in [0.5, 0.6) is 11.5 Å². The largest absolute Gasteiger partial charge is 0.493 e. The Kier molecular flexibility index (Phi) is 5.78. The molecule has 1 amide bonds. The van der Waals surface area contributed by atoms with E-state index in [0.717, 1.165) is 19.4 Å². The standard InChI is InChI=1S/C20H28ClNO3/c1-13(2)25-19-16(21)11-15(12-18(19)24-3)20(23)22-10-6-8-14-7-4-5-9-17(14)22/h11-14,17H,4-10H2,1-3H3/t14-,17-/m0/s1. The fraction of sp³-hybridized carbons (Fsp3) is 0.650. The van der Waals surface area contributed by atoms with Gasteiger partial charge in [-0.05, 0) is 57.6 Å². The highest BCUT2D eigenvalue weighted by atomic mass is 35.5. The maximum atomic E-state index is 13.2. The summed E-state index contributed by atoms with van der Waals surface area (Å²) >= 11 is 6.40. The van der Waals surface area contributed by atoms with E-state index in [9.17, 15) is 4.79 Å². The van der Waals surface area contributed by atoms with Crippen LogP contribution in [-0.4, -0.2) is 36.6 Å². The fourth-order valence-corrected chi connectivity index (χ4v) is 4.49. The first-order valence-corrected chi connectivity index (χ1v) is 9.74. The number of hydrogen-bond acceptors (Lipinski definition) is 3. The molecule has 138 valence electrons. The lowest BCUT2D eigenvalue weighted by Crippen LogP contribution is -2.49. The Bertz CT molecular complexity index is 630. The lowest BCUT2D eigenvalue weighted by atomic mass is 9.78. The predicted molar refractivity (Wildman–Crippen MR) is 99.8 cm³/mol. The maximum absolute atomic E-state index is 13.2. The highest BCUT2D eigenvalue weighted by Gasteiger charge is 2.36. The van der Waals surface area contributed by atoms with Crippen LogP contribution in [0.25, 0.3) is 0 Å². The molecule has 5 heteroatoms. The van der Waals surface area contributed by atoms with Crippen molar-refractivity contribution in [3.05, 3.63) is 22.7 Å². The Labute approximate surface area is 155 Å². The topological polar surface area (TPSA) is 38.8 Å². The second-order valence-electron chi connectivity index (χ2n) is 7.41. The van der Waals surface area contributed by atoms with Crippen molar-refractivity contribution in [2.24, 2.45) is 5.92 Å². The minimum Gasteiger partial charge on any atom is -0.493 e. The summed E-state index contributed by atoms with van der Waals surface area (Å²) in [5, 5.41) is 0.425. The molecule has 0 spiro atoms. The first-order valence-electron chi connectivity index (χ1n) is 9.36. The number of amides is 1. The van der Waals surface area contributed by atoms with Gasteiger partial charge in [-0.15, -0.1) is 0 Å². The van der Waals surface area contributed by atoms with E-state index < -0.39 is 0 Å². The summed E-state index contributed by atoms with van der Waals surface area (Å²) in [5.74, 6) is 1.74. The van der Waals surface area contributed by atoms with Crippen molar-refractivity contribution in [3.63, 3.8) is 0 Å². The van der Waals surface area contributed by atoms with Crippen molar-refractivity contribution in [2.45, 2.75) is 64.5 Å². The Morgan fingerprint density at radius 3 is 2.64 bits per heavy atom. The quantitative estimate of drug-likeness (QED) is 0.759. The first kappa shape index (κ1) is 18.4. The number of likely N-dealkylation sites (tertiary alicyclic amines) is 1. The maximum Gasteiger partial charge on any atom is 0.254 e. The molecule has 1 aromatic carbocycles. The van der Waals surface area contributed by atoms with Crippen LogP contribution in [0.2, 0.25) is 5.02 Å². The van der Waals surface area contributed by atoms with Gasteiger partial charge in [0.2, 0.25) is 0 Å². The Morgan fingerprint density at radius 2 is 1.92 bits per heavy atom. The van der Waals surface area contributed by atoms with Gasteiger partial charge in [0.15, 0.2) is 11.5 Å². The summed E-state index contributed by atoms with van der Waals surface area (Å²) in [7, 11) is 1.57. The van der Waals surface area contributed by atoms with Crippen LogP contribution in [0.1, 0.15) is 62.7 Å². The number of halogens is 1. The van der Waals surface area contributed by atoms with Crippen molar-refractivity contribution < 1.29 is 14.3 Å². The minimum atomic E-state index is -0.0157. The average Bonchev–Trinajstić information content (AvgIpc) is 2.61. The highest BCUT2D eigenvalue weighted by molar-refractivity contribution is 6.32. The van der Waals surface area contributed by atoms with Gasteiger partial charge in [0, 0.05) is 18.2 Å². The Hall–Kier alpha value is -1.42. The summed E-state index contributed by atoms with van der Waals surface area (Å²) in [6.07, 6.45) is 7.21. The molecule has 1 saturated carbocycles. The number of rotatable bonds is 4. The van der Waals surface area contributed by atoms with Gasteiger partial charge < -0.3 is 14.4 Å². The van der Waals surface area contributed by atoms with Crippen LogP contribution in [0.4, 0.5) is 0 Å². The van der Waals surface area contributed by atoms with Gasteiger partial charge in [0.25, 0.3) is 5.91 Å². The molecule has 1 saturated heterocycles. The smallest absolute Gasteiger partial charge is 0.254 e. The molecule has 0 N–H and O–H groups in total. The van der Waals surface area contributed by atoms with E-state index in [-0.39, 0.29) is 12.0 Å². The molecule has 1 aliphatic heterocycles. The molecule has 25 heavy (non-hydrogen) atoms. The Morgan fingerprint density at radius 1 is 1.20 bits per heavy atom. The van der Waals surface area contributed by atoms with Crippen LogP contribution in [0, 0.1) is 5.92 Å². The SMILES string of the molecule is COc1cc(C(=O)N2CCC[C@@H]3CCCC[C@@H]32)cc(Cl)c1OC(C)C. The van der Waals surface area contributed by atoms with Crippen molar-refractivity contribution in [1.82, 2.24) is 4.90 Å². The van der Waals surface area contributed by atoms with Gasteiger partial charge in [-0.1, -0.05) is 24.4 Å². The summed E-state index contributed by atoms with van der Waals surface area (Å²) < 4.78 is 11.2. The summed E-state index contributed by atoms with van der Waals surface area (Å²) in [5.41, 5.74) is 0.587. The number of fused-ring (bicyclic) bond motifs is 1. The van der Waals surface area contributed by atoms with Gasteiger partial charge in [-0.25, -0.2) is 0 Å². The van der Waals surface area contributed by atoms with Crippen LogP contribution >= 0.6 is 11.6 Å². The molecule has 1 aliphatic carbocycles. The number of methoxy groups -OCH3 is 1. The third-order valence-electron chi connectivity index (χ3n) is 5.33. The summed E-state index contributed by atoms with van der Waals surface area (Å²) in [4.78, 5) is 15.3. The van der Waals surface area contributed by atoms with Crippen LogP contribution in [0.15, 0.2) is 12.1 Å². The van der Waals surface area contributed by atoms with Gasteiger partial charge in [0.1, 0.15) is 0 Å². The minimum absolute atomic E-state index is 0.0157. The second-order valence-corrected chi connectivity index (χ2v) is 7.82. The highest BCUT2D eigenvalue weighted by Crippen LogP contribution is 2.39. The fourth-order valence-electron chi connectivity index (χ4n) is 4.24. The molecule has 1 heterocycles. The van der Waals surface area contributed by atoms with Crippen molar-refractivity contribution in [2.75, 3.05) is 13.7 Å². The second kappa shape index (κ2) is 7.86. The molecule has 2 aliphatic rings. The van der Waals surface area contributed by atoms with Crippen LogP contribution < -0.4 is 9.47 Å². The van der Waals surface area contributed by atoms with E-state index in [1.54, 1.807) is 19.2 Å². The predicted octanol–water partition coefficient (Wildman–Crippen LogP) is 4.93. The number of hydrogen-bond donors (Lipinski definition) is 0. The molecular formula is C20H28ClNO3. The third-order valence-corrected chi connectivity index (χ3v) is 5.61. The van der Waals surface area contributed by atoms with E-state index >= 15 is 0 Å². The number of ether oxygens (including phenoxy) is 2. The van der Waals surface area contributed by atoms with Gasteiger partial charge >= 0.3 is 0 Å². The van der Waals surface area contributed by atoms with Gasteiger partial charge in [0.05, 0.1) is 18.2 Å². The van der Waals surface area contributed by atoms with E-state index in [1.165, 1.54) is 25.7 Å². The van der Waals surface area contributed by atoms with Crippen LogP contribution in [0.3, 0.4) is 0 Å². The normalized spacial score (nSPS) is 23.3. The zero-order valence-electron chi connectivity index (χ0n) is 15.4. The molecule has 2 fully saturated rings. The third kappa shape index (κ3) is 3.89. The van der Waals surface area contributed by atoms with Crippen LogP contribution in [-0.2, 0) is 0 Å². The number of carbonyl (C=O) groups is 1. The molecule has 1 aromatic rings. The average molecular weight is 366 g/mol. The number of carbonyl (C=O) groups excluding carboxylic acids is 1. The van der Waals surface area contributed by atoms with E-state index in [0.29, 0.717) is 34.0 Å². The van der Waals surface area contributed by atoms with Crippen molar-refractivity contribution >= 4 is 17.5 Å². The molecule has 2 atom stereocenters. The molecule has 3 rings (SSSR count). The van der Waals surface area contributed by atoms with Gasteiger partial charge in [-0.3, -0.25) is 4.79 Å². The van der Waals surface area contributed by atoms with Gasteiger partial charge in [-0.2, -0.15) is 0 Å². The number of piperidine rings is 1. The van der Waals surface area contributed by atoms with E-state index in [4.69, 9.17) is 21.1 Å². The Balaban J connectivity index is 1.87. The zero-order valence-corrected chi connectivity index (χ0v) is 16.1. The molecular weight excluding hydrogens is 338 g/mol. The molecule has 0 aromatic heterocycles. The van der Waals surface area contributed by atoms with Crippen molar-refractivity contribution in [1.29, 1.82) is 0 Å². The molecule has 0 radical (unpaired) electrons. The number of nitrogens with zero attached hydrogens (tertiary/aromatic N) is 1. The summed E-state index contributed by atoms with van der Waals surface area (Å²) in [6, 6.07) is 3.86.